The van der Waals surface area contributed by atoms with Crippen LogP contribution in [0.15, 0.2) is 24.5 Å². The summed E-state index contributed by atoms with van der Waals surface area (Å²) in [5.74, 6) is 1.75. The summed E-state index contributed by atoms with van der Waals surface area (Å²) in [5, 5.41) is 9.61. The van der Waals surface area contributed by atoms with Gasteiger partial charge in [-0.15, -0.1) is 0 Å². The molecule has 3 rings (SSSR count). The van der Waals surface area contributed by atoms with Crippen LogP contribution in [0.4, 0.5) is 5.82 Å². The zero-order valence-electron chi connectivity index (χ0n) is 15.0. The molecule has 1 aromatic carbocycles. The van der Waals surface area contributed by atoms with Gasteiger partial charge in [-0.05, 0) is 57.9 Å². The van der Waals surface area contributed by atoms with Crippen LogP contribution in [-0.4, -0.2) is 39.9 Å². The Bertz CT molecular complexity index is 747. The fraction of sp³-hybridized carbons (Fsp3) is 0.474. The Labute approximate surface area is 143 Å². The first-order valence-corrected chi connectivity index (χ1v) is 8.29. The number of β-amino-alcohol motifs (C(OH)–C–C–N with tert-alkyl or cyclic N) is 1. The van der Waals surface area contributed by atoms with E-state index in [1.807, 2.05) is 33.8 Å². The first kappa shape index (κ1) is 16.7. The van der Waals surface area contributed by atoms with E-state index < -0.39 is 0 Å². The maximum atomic E-state index is 9.61. The number of aliphatic hydroxyl groups excluding tert-OH is 1. The molecule has 1 aliphatic rings. The quantitative estimate of drug-likeness (QED) is 0.938. The summed E-state index contributed by atoms with van der Waals surface area (Å²) in [6.45, 7) is 11.4. The molecule has 1 fully saturated rings. The smallest absolute Gasteiger partial charge is 0.140 e. The Balaban J connectivity index is 2.00. The minimum Gasteiger partial charge on any atom is -0.488 e. The van der Waals surface area contributed by atoms with Gasteiger partial charge in [0.1, 0.15) is 23.5 Å². The highest BCUT2D eigenvalue weighted by atomic mass is 16.5. The number of benzene rings is 1. The molecule has 0 atom stereocenters. The van der Waals surface area contributed by atoms with Crippen LogP contribution in [-0.2, 0) is 0 Å². The van der Waals surface area contributed by atoms with Crippen LogP contribution >= 0.6 is 0 Å². The maximum Gasteiger partial charge on any atom is 0.140 e. The van der Waals surface area contributed by atoms with E-state index in [0.717, 1.165) is 34.0 Å². The third-order valence-electron chi connectivity index (χ3n) is 4.07. The summed E-state index contributed by atoms with van der Waals surface area (Å²) in [4.78, 5) is 10.9. The molecule has 0 aliphatic carbocycles. The molecule has 1 N–H and O–H groups in total. The van der Waals surface area contributed by atoms with Crippen LogP contribution in [0.1, 0.15) is 32.0 Å². The van der Waals surface area contributed by atoms with Gasteiger partial charge in [0.2, 0.25) is 0 Å². The second kappa shape index (κ2) is 6.06. The SMILES string of the molecule is Cc1cc(OC(C)(C)C)ccc1-c1c(C)ncnc1N1CC(O)C1. The summed E-state index contributed by atoms with van der Waals surface area (Å²) >= 11 is 0. The fourth-order valence-corrected chi connectivity index (χ4v) is 2.98. The Hall–Kier alpha value is -2.14. The third-order valence-corrected chi connectivity index (χ3v) is 4.07. The van der Waals surface area contributed by atoms with Crippen molar-refractivity contribution in [2.45, 2.75) is 46.3 Å². The van der Waals surface area contributed by atoms with Crippen LogP contribution in [0.5, 0.6) is 5.75 Å². The van der Waals surface area contributed by atoms with Gasteiger partial charge in [0.05, 0.1) is 11.8 Å². The Morgan fingerprint density at radius 1 is 1.17 bits per heavy atom. The van der Waals surface area contributed by atoms with Gasteiger partial charge in [-0.1, -0.05) is 6.07 Å². The Morgan fingerprint density at radius 3 is 2.46 bits per heavy atom. The number of ether oxygens (including phenoxy) is 1. The largest absolute Gasteiger partial charge is 0.488 e. The average Bonchev–Trinajstić information content (AvgIpc) is 2.43. The minimum atomic E-state index is -0.267. The van der Waals surface area contributed by atoms with E-state index in [1.54, 1.807) is 6.33 Å². The zero-order valence-corrected chi connectivity index (χ0v) is 15.0. The van der Waals surface area contributed by atoms with Crippen LogP contribution in [0.25, 0.3) is 11.1 Å². The Kier molecular flexibility index (Phi) is 4.22. The highest BCUT2D eigenvalue weighted by molar-refractivity contribution is 5.80. The molecule has 0 amide bonds. The van der Waals surface area contributed by atoms with E-state index in [9.17, 15) is 5.11 Å². The number of aryl methyl sites for hydroxylation is 2. The molecule has 2 aromatic rings. The zero-order chi connectivity index (χ0) is 17.5. The molecule has 0 radical (unpaired) electrons. The first-order chi connectivity index (χ1) is 11.2. The molecule has 0 saturated carbocycles. The van der Waals surface area contributed by atoms with Crippen molar-refractivity contribution < 1.29 is 9.84 Å². The van der Waals surface area contributed by atoms with Crippen molar-refractivity contribution in [1.82, 2.24) is 9.97 Å². The summed E-state index contributed by atoms with van der Waals surface area (Å²) in [5.41, 5.74) is 3.97. The molecule has 2 heterocycles. The number of hydrogen-bond donors (Lipinski definition) is 1. The third kappa shape index (κ3) is 3.36. The molecule has 5 nitrogen and oxygen atoms in total. The number of nitrogens with zero attached hydrogens (tertiary/aromatic N) is 3. The summed E-state index contributed by atoms with van der Waals surface area (Å²) in [6.07, 6.45) is 1.32. The van der Waals surface area contributed by atoms with Crippen molar-refractivity contribution in [2.75, 3.05) is 18.0 Å². The topological polar surface area (TPSA) is 58.5 Å². The van der Waals surface area contributed by atoms with Crippen LogP contribution in [0.3, 0.4) is 0 Å². The molecule has 0 unspecified atom stereocenters. The summed E-state index contributed by atoms with van der Waals surface area (Å²) in [6, 6.07) is 6.12. The maximum absolute atomic E-state index is 9.61. The van der Waals surface area contributed by atoms with Crippen molar-refractivity contribution in [3.8, 4) is 16.9 Å². The van der Waals surface area contributed by atoms with E-state index in [1.165, 1.54) is 0 Å². The molecule has 128 valence electrons. The van der Waals surface area contributed by atoms with Crippen molar-refractivity contribution in [1.29, 1.82) is 0 Å². The predicted octanol–water partition coefficient (Wildman–Crippen LogP) is 3.12. The Morgan fingerprint density at radius 2 is 1.88 bits per heavy atom. The van der Waals surface area contributed by atoms with E-state index in [-0.39, 0.29) is 11.7 Å². The number of aromatic nitrogens is 2. The number of hydrogen-bond acceptors (Lipinski definition) is 5. The number of anilines is 1. The van der Waals surface area contributed by atoms with Gasteiger partial charge in [0.15, 0.2) is 0 Å². The lowest BCUT2D eigenvalue weighted by Crippen LogP contribution is -2.51. The van der Waals surface area contributed by atoms with Gasteiger partial charge < -0.3 is 14.7 Å². The monoisotopic (exact) mass is 327 g/mol. The van der Waals surface area contributed by atoms with E-state index >= 15 is 0 Å². The van der Waals surface area contributed by atoms with Gasteiger partial charge in [0, 0.05) is 18.7 Å². The van der Waals surface area contributed by atoms with Gasteiger partial charge in [-0.3, -0.25) is 0 Å². The van der Waals surface area contributed by atoms with E-state index in [4.69, 9.17) is 4.74 Å². The molecular formula is C19H25N3O2. The molecule has 24 heavy (non-hydrogen) atoms. The molecule has 0 bridgehead atoms. The fourth-order valence-electron chi connectivity index (χ4n) is 2.98. The lowest BCUT2D eigenvalue weighted by atomic mass is 9.98. The average molecular weight is 327 g/mol. The first-order valence-electron chi connectivity index (χ1n) is 8.29. The number of rotatable bonds is 3. The van der Waals surface area contributed by atoms with Gasteiger partial charge in [-0.2, -0.15) is 0 Å². The number of aliphatic hydroxyl groups is 1. The lowest BCUT2D eigenvalue weighted by molar-refractivity contribution is 0.131. The van der Waals surface area contributed by atoms with Crippen molar-refractivity contribution >= 4 is 5.82 Å². The molecule has 1 aromatic heterocycles. The van der Waals surface area contributed by atoms with Crippen LogP contribution in [0.2, 0.25) is 0 Å². The van der Waals surface area contributed by atoms with Crippen molar-refractivity contribution in [2.24, 2.45) is 0 Å². The van der Waals surface area contributed by atoms with Crippen LogP contribution in [0, 0.1) is 13.8 Å². The molecule has 1 saturated heterocycles. The van der Waals surface area contributed by atoms with Gasteiger partial charge in [-0.25, -0.2) is 9.97 Å². The predicted molar refractivity (Wildman–Crippen MR) is 95.5 cm³/mol. The minimum absolute atomic E-state index is 0.224. The normalized spacial score (nSPS) is 15.3. The second-order valence-corrected chi connectivity index (χ2v) is 7.41. The van der Waals surface area contributed by atoms with Gasteiger partial charge >= 0.3 is 0 Å². The van der Waals surface area contributed by atoms with Crippen molar-refractivity contribution in [3.63, 3.8) is 0 Å². The summed E-state index contributed by atoms with van der Waals surface area (Å²) in [7, 11) is 0. The van der Waals surface area contributed by atoms with Crippen LogP contribution < -0.4 is 9.64 Å². The standard InChI is InChI=1S/C19H25N3O2/c1-12-8-15(24-19(3,4)5)6-7-16(12)17-13(2)20-11-21-18(17)22-9-14(23)10-22/h6-8,11,14,23H,9-10H2,1-5H3. The lowest BCUT2D eigenvalue weighted by Gasteiger charge is -2.38. The molecule has 5 heteroatoms. The highest BCUT2D eigenvalue weighted by Gasteiger charge is 2.29. The van der Waals surface area contributed by atoms with E-state index in [0.29, 0.717) is 13.1 Å². The summed E-state index contributed by atoms with van der Waals surface area (Å²) < 4.78 is 5.95. The second-order valence-electron chi connectivity index (χ2n) is 7.41. The van der Waals surface area contributed by atoms with Crippen molar-refractivity contribution in [3.05, 3.63) is 35.8 Å². The van der Waals surface area contributed by atoms with E-state index in [2.05, 4.69) is 33.9 Å². The molecular weight excluding hydrogens is 302 g/mol. The van der Waals surface area contributed by atoms with Gasteiger partial charge in [0.25, 0.3) is 0 Å². The molecule has 1 aliphatic heterocycles. The highest BCUT2D eigenvalue weighted by Crippen LogP contribution is 2.36. The molecule has 0 spiro atoms.